The fourth-order valence-corrected chi connectivity index (χ4v) is 2.15. The topological polar surface area (TPSA) is 49.8 Å². The van der Waals surface area contributed by atoms with E-state index in [1.807, 2.05) is 32.0 Å². The average Bonchev–Trinajstić information content (AvgIpc) is 2.38. The first-order valence-corrected chi connectivity index (χ1v) is 6.92. The number of aryl methyl sites for hydroxylation is 1. The molecule has 4 heteroatoms. The van der Waals surface area contributed by atoms with Crippen LogP contribution < -0.4 is 4.90 Å². The molecular weight excluding hydrogens is 254 g/mol. The fourth-order valence-electron chi connectivity index (χ4n) is 2.15. The minimum Gasteiger partial charge on any atom is -0.387 e. The molecule has 1 N–H and O–H groups in total. The van der Waals surface area contributed by atoms with E-state index in [2.05, 4.69) is 20.8 Å². The molecule has 0 aromatic heterocycles. The third-order valence-electron chi connectivity index (χ3n) is 3.18. The first-order chi connectivity index (χ1) is 9.32. The molecule has 1 rings (SSSR count). The van der Waals surface area contributed by atoms with E-state index in [9.17, 15) is 9.90 Å². The number of para-hydroxylation sites is 1. The molecule has 0 aliphatic carbocycles. The zero-order chi connectivity index (χ0) is 15.3. The number of hydrogen-bond donors (Lipinski definition) is 1. The van der Waals surface area contributed by atoms with Crippen LogP contribution in [0, 0.1) is 6.92 Å². The van der Waals surface area contributed by atoms with Crippen molar-refractivity contribution in [3.8, 4) is 0 Å². The average molecular weight is 279 g/mol. The number of aliphatic hydroxyl groups excluding tert-OH is 1. The van der Waals surface area contributed by atoms with Gasteiger partial charge in [-0.3, -0.25) is 9.69 Å². The molecule has 4 nitrogen and oxygen atoms in total. The van der Waals surface area contributed by atoms with Crippen LogP contribution in [0.25, 0.3) is 0 Å². The SMILES string of the molecule is CCOCN(C(=O)CO)c1c(C)cccc1C(C)(C)C. The normalized spacial score (nSPS) is 11.5. The molecule has 0 saturated heterocycles. The second-order valence-corrected chi connectivity index (χ2v) is 5.82. The maximum Gasteiger partial charge on any atom is 0.254 e. The van der Waals surface area contributed by atoms with E-state index < -0.39 is 6.61 Å². The van der Waals surface area contributed by atoms with Crippen LogP contribution in [0.4, 0.5) is 5.69 Å². The summed E-state index contributed by atoms with van der Waals surface area (Å²) in [6, 6.07) is 5.97. The summed E-state index contributed by atoms with van der Waals surface area (Å²) >= 11 is 0. The number of anilines is 1. The number of hydrogen-bond acceptors (Lipinski definition) is 3. The third-order valence-corrected chi connectivity index (χ3v) is 3.18. The molecule has 0 aliphatic heterocycles. The lowest BCUT2D eigenvalue weighted by Crippen LogP contribution is -2.37. The monoisotopic (exact) mass is 279 g/mol. The van der Waals surface area contributed by atoms with Crippen LogP contribution in [0.1, 0.15) is 38.8 Å². The van der Waals surface area contributed by atoms with Gasteiger partial charge in [-0.25, -0.2) is 0 Å². The number of carbonyl (C=O) groups is 1. The van der Waals surface area contributed by atoms with Gasteiger partial charge in [0, 0.05) is 6.61 Å². The van der Waals surface area contributed by atoms with Crippen molar-refractivity contribution in [2.45, 2.75) is 40.0 Å². The number of benzene rings is 1. The van der Waals surface area contributed by atoms with E-state index in [0.29, 0.717) is 6.61 Å². The largest absolute Gasteiger partial charge is 0.387 e. The van der Waals surface area contributed by atoms with Gasteiger partial charge < -0.3 is 9.84 Å². The maximum absolute atomic E-state index is 12.0. The van der Waals surface area contributed by atoms with E-state index >= 15 is 0 Å². The third kappa shape index (κ3) is 3.81. The standard InChI is InChI=1S/C16H25NO3/c1-6-20-11-17(14(19)10-18)15-12(2)8-7-9-13(15)16(3,4)5/h7-9,18H,6,10-11H2,1-5H3. The highest BCUT2D eigenvalue weighted by atomic mass is 16.5. The number of rotatable bonds is 5. The lowest BCUT2D eigenvalue weighted by Gasteiger charge is -2.31. The van der Waals surface area contributed by atoms with E-state index in [1.54, 1.807) is 0 Å². The van der Waals surface area contributed by atoms with Gasteiger partial charge in [-0.1, -0.05) is 39.0 Å². The molecule has 0 saturated carbocycles. The summed E-state index contributed by atoms with van der Waals surface area (Å²) in [6.45, 7) is 10.3. The molecule has 20 heavy (non-hydrogen) atoms. The highest BCUT2D eigenvalue weighted by Crippen LogP contribution is 2.34. The lowest BCUT2D eigenvalue weighted by atomic mass is 9.84. The molecule has 0 fully saturated rings. The summed E-state index contributed by atoms with van der Waals surface area (Å²) in [5.74, 6) is -0.349. The summed E-state index contributed by atoms with van der Waals surface area (Å²) in [6.07, 6.45) is 0. The summed E-state index contributed by atoms with van der Waals surface area (Å²) < 4.78 is 5.39. The molecule has 0 bridgehead atoms. The Morgan fingerprint density at radius 2 is 2.00 bits per heavy atom. The quantitative estimate of drug-likeness (QED) is 0.843. The van der Waals surface area contributed by atoms with Crippen molar-refractivity contribution in [1.82, 2.24) is 0 Å². The van der Waals surface area contributed by atoms with Crippen LogP contribution in [-0.4, -0.2) is 31.0 Å². The summed E-state index contributed by atoms with van der Waals surface area (Å²) in [5.41, 5.74) is 2.81. The van der Waals surface area contributed by atoms with E-state index in [-0.39, 0.29) is 18.1 Å². The molecule has 1 amide bonds. The maximum atomic E-state index is 12.0. The van der Waals surface area contributed by atoms with Gasteiger partial charge in [-0.15, -0.1) is 0 Å². The van der Waals surface area contributed by atoms with Gasteiger partial charge in [0.05, 0.1) is 5.69 Å². The van der Waals surface area contributed by atoms with Gasteiger partial charge in [0.2, 0.25) is 0 Å². The van der Waals surface area contributed by atoms with E-state index in [4.69, 9.17) is 4.74 Å². The van der Waals surface area contributed by atoms with Crippen molar-refractivity contribution in [2.75, 3.05) is 24.8 Å². The Morgan fingerprint density at radius 3 is 2.50 bits per heavy atom. The Kier molecular flexibility index (Phi) is 5.72. The van der Waals surface area contributed by atoms with E-state index in [0.717, 1.165) is 16.8 Å². The summed E-state index contributed by atoms with van der Waals surface area (Å²) in [4.78, 5) is 13.6. The van der Waals surface area contributed by atoms with Crippen LogP contribution in [-0.2, 0) is 14.9 Å². The van der Waals surface area contributed by atoms with Crippen LogP contribution in [0.3, 0.4) is 0 Å². The fraction of sp³-hybridized carbons (Fsp3) is 0.562. The molecule has 0 spiro atoms. The number of ether oxygens (including phenoxy) is 1. The van der Waals surface area contributed by atoms with Crippen LogP contribution in [0.5, 0.6) is 0 Å². The molecular formula is C16H25NO3. The smallest absolute Gasteiger partial charge is 0.254 e. The van der Waals surface area contributed by atoms with E-state index in [1.165, 1.54) is 4.90 Å². The molecule has 112 valence electrons. The molecule has 1 aromatic carbocycles. The van der Waals surface area contributed by atoms with Crippen LogP contribution in [0.15, 0.2) is 18.2 Å². The second kappa shape index (κ2) is 6.86. The van der Waals surface area contributed by atoms with Crippen molar-refractivity contribution < 1.29 is 14.6 Å². The van der Waals surface area contributed by atoms with Crippen molar-refractivity contribution in [1.29, 1.82) is 0 Å². The minimum atomic E-state index is -0.523. The van der Waals surface area contributed by atoms with Crippen molar-refractivity contribution in [2.24, 2.45) is 0 Å². The van der Waals surface area contributed by atoms with Gasteiger partial charge in [0.25, 0.3) is 5.91 Å². The van der Waals surface area contributed by atoms with Crippen LogP contribution in [0.2, 0.25) is 0 Å². The Hall–Kier alpha value is -1.39. The molecule has 0 radical (unpaired) electrons. The summed E-state index contributed by atoms with van der Waals surface area (Å²) in [5, 5.41) is 9.20. The van der Waals surface area contributed by atoms with Gasteiger partial charge in [-0.05, 0) is 30.4 Å². The Labute approximate surface area is 121 Å². The number of nitrogens with zero attached hydrogens (tertiary/aromatic N) is 1. The molecule has 0 heterocycles. The predicted molar refractivity (Wildman–Crippen MR) is 80.9 cm³/mol. The zero-order valence-electron chi connectivity index (χ0n) is 13.1. The van der Waals surface area contributed by atoms with Gasteiger partial charge in [0.1, 0.15) is 13.3 Å². The Morgan fingerprint density at radius 1 is 1.35 bits per heavy atom. The number of aliphatic hydroxyl groups is 1. The van der Waals surface area contributed by atoms with Crippen molar-refractivity contribution in [3.63, 3.8) is 0 Å². The Bertz CT molecular complexity index is 463. The predicted octanol–water partition coefficient (Wildman–Crippen LogP) is 2.61. The molecule has 1 aromatic rings. The molecule has 0 atom stereocenters. The first kappa shape index (κ1) is 16.7. The highest BCUT2D eigenvalue weighted by molar-refractivity contribution is 5.95. The molecule has 0 unspecified atom stereocenters. The number of carbonyl (C=O) groups excluding carboxylic acids is 1. The molecule has 0 aliphatic rings. The van der Waals surface area contributed by atoms with Gasteiger partial charge >= 0.3 is 0 Å². The second-order valence-electron chi connectivity index (χ2n) is 5.82. The van der Waals surface area contributed by atoms with Crippen molar-refractivity contribution >= 4 is 11.6 Å². The van der Waals surface area contributed by atoms with Gasteiger partial charge in [0.15, 0.2) is 0 Å². The zero-order valence-corrected chi connectivity index (χ0v) is 13.1. The number of amides is 1. The van der Waals surface area contributed by atoms with Crippen LogP contribution >= 0.6 is 0 Å². The highest BCUT2D eigenvalue weighted by Gasteiger charge is 2.25. The Balaban J connectivity index is 3.34. The minimum absolute atomic E-state index is 0.0957. The lowest BCUT2D eigenvalue weighted by molar-refractivity contribution is -0.122. The van der Waals surface area contributed by atoms with Crippen molar-refractivity contribution in [3.05, 3.63) is 29.3 Å². The first-order valence-electron chi connectivity index (χ1n) is 6.92. The van der Waals surface area contributed by atoms with Gasteiger partial charge in [-0.2, -0.15) is 0 Å². The summed E-state index contributed by atoms with van der Waals surface area (Å²) in [7, 11) is 0.